The molecule has 4 nitrogen and oxygen atoms in total. The van der Waals surface area contributed by atoms with Gasteiger partial charge < -0.3 is 4.40 Å². The van der Waals surface area contributed by atoms with Crippen LogP contribution in [0.1, 0.15) is 0 Å². The molecule has 0 bridgehead atoms. The second kappa shape index (κ2) is 11.0. The van der Waals surface area contributed by atoms with Gasteiger partial charge in [0.25, 0.3) is 0 Å². The van der Waals surface area contributed by atoms with Crippen molar-refractivity contribution in [3.05, 3.63) is 182 Å². The van der Waals surface area contributed by atoms with Crippen molar-refractivity contribution in [3.8, 4) is 28.3 Å². The summed E-state index contributed by atoms with van der Waals surface area (Å²) in [5, 5.41) is 13.1. The molecule has 4 aromatic heterocycles. The Bertz CT molecular complexity index is 3740. The molecule has 0 spiro atoms. The van der Waals surface area contributed by atoms with Gasteiger partial charge in [-0.3, -0.25) is 4.57 Å². The van der Waals surface area contributed by atoms with E-state index in [1.165, 1.54) is 70.8 Å². The molecule has 4 heteroatoms. The molecule has 13 rings (SSSR count). The summed E-state index contributed by atoms with van der Waals surface area (Å²) in [6.07, 6.45) is 0. The van der Waals surface area contributed by atoms with Crippen molar-refractivity contribution in [2.75, 3.05) is 0 Å². The number of rotatable bonds is 3. The highest BCUT2D eigenvalue weighted by atomic mass is 15.2. The third kappa shape index (κ3) is 3.97. The summed E-state index contributed by atoms with van der Waals surface area (Å²) in [4.78, 5) is 11.2. The second-order valence-corrected chi connectivity index (χ2v) is 15.0. The van der Waals surface area contributed by atoms with E-state index in [4.69, 9.17) is 9.97 Å². The summed E-state index contributed by atoms with van der Waals surface area (Å²) in [7, 11) is 0. The molecular formula is C52H30N4. The summed E-state index contributed by atoms with van der Waals surface area (Å²) in [5.41, 5.74) is 11.2. The average molecular weight is 711 g/mol. The van der Waals surface area contributed by atoms with Gasteiger partial charge in [0, 0.05) is 48.7 Å². The maximum Gasteiger partial charge on any atom is 0.235 e. The Balaban J connectivity index is 1.21. The first-order valence-electron chi connectivity index (χ1n) is 19.2. The molecule has 0 N–H and O–H groups in total. The zero-order valence-corrected chi connectivity index (χ0v) is 30.1. The fourth-order valence-corrected chi connectivity index (χ4v) is 9.54. The Morgan fingerprint density at radius 3 is 1.77 bits per heavy atom. The molecule has 0 aliphatic heterocycles. The lowest BCUT2D eigenvalue weighted by Gasteiger charge is -2.14. The van der Waals surface area contributed by atoms with Crippen molar-refractivity contribution in [1.82, 2.24) is 18.9 Å². The van der Waals surface area contributed by atoms with E-state index in [9.17, 15) is 0 Å². The van der Waals surface area contributed by atoms with E-state index >= 15 is 0 Å². The zero-order valence-electron chi connectivity index (χ0n) is 30.1. The van der Waals surface area contributed by atoms with E-state index in [0.29, 0.717) is 5.95 Å². The average Bonchev–Trinajstić information content (AvgIpc) is 3.89. The van der Waals surface area contributed by atoms with Crippen molar-refractivity contribution in [2.45, 2.75) is 0 Å². The predicted molar refractivity (Wildman–Crippen MR) is 234 cm³/mol. The highest BCUT2D eigenvalue weighted by Gasteiger charge is 2.26. The highest BCUT2D eigenvalue weighted by molar-refractivity contribution is 6.36. The number of hydrogen-bond acceptors (Lipinski definition) is 2. The summed E-state index contributed by atoms with van der Waals surface area (Å²) < 4.78 is 4.80. The minimum absolute atomic E-state index is 0.660. The van der Waals surface area contributed by atoms with Crippen molar-refractivity contribution in [1.29, 1.82) is 0 Å². The van der Waals surface area contributed by atoms with Crippen LogP contribution in [0.15, 0.2) is 182 Å². The summed E-state index contributed by atoms with van der Waals surface area (Å²) >= 11 is 0. The molecule has 4 heterocycles. The number of hydrogen-bond donors (Lipinski definition) is 0. The predicted octanol–water partition coefficient (Wildman–Crippen LogP) is 13.5. The van der Waals surface area contributed by atoms with Crippen LogP contribution in [0.25, 0.3) is 121 Å². The fraction of sp³-hybridized carbons (Fsp3) is 0. The first kappa shape index (κ1) is 29.8. The van der Waals surface area contributed by atoms with Crippen LogP contribution in [0.5, 0.6) is 0 Å². The van der Waals surface area contributed by atoms with Crippen molar-refractivity contribution in [2.24, 2.45) is 0 Å². The molecule has 0 saturated heterocycles. The third-order valence-corrected chi connectivity index (χ3v) is 12.0. The molecule has 0 aliphatic carbocycles. The Morgan fingerprint density at radius 2 is 0.964 bits per heavy atom. The standard InChI is InChI=1S/C52H30N4/c1-2-12-31(13-3-1)32-22-24-34(25-23-32)49-40-27-26-33-14-6-7-17-37(33)50(40)54-52(53-49)56-45-29-36-16-5-4-15-35(36)28-42(45)47-46(56)30-41-38-18-8-10-20-43(38)55-44-21-11-9-19-39(44)48(47)51(41)55/h1-30H. The smallest absolute Gasteiger partial charge is 0.235 e. The Morgan fingerprint density at radius 1 is 0.339 bits per heavy atom. The first-order chi connectivity index (χ1) is 27.8. The largest absolute Gasteiger partial charge is 0.308 e. The third-order valence-electron chi connectivity index (χ3n) is 12.0. The van der Waals surface area contributed by atoms with Gasteiger partial charge in [-0.05, 0) is 63.7 Å². The van der Waals surface area contributed by atoms with E-state index in [1.54, 1.807) is 0 Å². The van der Waals surface area contributed by atoms with Gasteiger partial charge >= 0.3 is 0 Å². The van der Waals surface area contributed by atoms with Crippen LogP contribution in [0, 0.1) is 0 Å². The Kier molecular flexibility index (Phi) is 5.86. The van der Waals surface area contributed by atoms with E-state index in [-0.39, 0.29) is 0 Å². The fourth-order valence-electron chi connectivity index (χ4n) is 9.54. The van der Waals surface area contributed by atoms with E-state index in [0.717, 1.165) is 44.0 Å². The monoisotopic (exact) mass is 710 g/mol. The normalized spacial score (nSPS) is 12.3. The lowest BCUT2D eigenvalue weighted by Crippen LogP contribution is -2.04. The van der Waals surface area contributed by atoms with Crippen LogP contribution in [-0.2, 0) is 0 Å². The van der Waals surface area contributed by atoms with Crippen molar-refractivity contribution < 1.29 is 0 Å². The molecule has 0 aliphatic rings. The number of nitrogens with zero attached hydrogens (tertiary/aromatic N) is 4. The van der Waals surface area contributed by atoms with Crippen molar-refractivity contribution >= 4 is 92.3 Å². The molecule has 13 aromatic rings. The van der Waals surface area contributed by atoms with Crippen LogP contribution in [-0.4, -0.2) is 18.9 Å². The van der Waals surface area contributed by atoms with Gasteiger partial charge in [-0.15, -0.1) is 0 Å². The van der Waals surface area contributed by atoms with Gasteiger partial charge in [0.15, 0.2) is 0 Å². The molecule has 0 radical (unpaired) electrons. The number of aromatic nitrogens is 4. The molecule has 0 unspecified atom stereocenters. The summed E-state index contributed by atoms with van der Waals surface area (Å²) in [6.45, 7) is 0. The molecule has 9 aromatic carbocycles. The first-order valence-corrected chi connectivity index (χ1v) is 19.2. The molecule has 56 heavy (non-hydrogen) atoms. The lowest BCUT2D eigenvalue weighted by molar-refractivity contribution is 1.02. The summed E-state index contributed by atoms with van der Waals surface area (Å²) in [6, 6.07) is 65.8. The minimum atomic E-state index is 0.660. The maximum atomic E-state index is 5.59. The molecule has 258 valence electrons. The number of benzene rings is 9. The second-order valence-electron chi connectivity index (χ2n) is 15.0. The van der Waals surface area contributed by atoms with Crippen LogP contribution < -0.4 is 0 Å². The van der Waals surface area contributed by atoms with Crippen LogP contribution in [0.3, 0.4) is 0 Å². The van der Waals surface area contributed by atoms with Gasteiger partial charge in [-0.1, -0.05) is 146 Å². The van der Waals surface area contributed by atoms with E-state index < -0.39 is 0 Å². The van der Waals surface area contributed by atoms with Crippen LogP contribution in [0.2, 0.25) is 0 Å². The van der Waals surface area contributed by atoms with Gasteiger partial charge in [-0.2, -0.15) is 0 Å². The lowest BCUT2D eigenvalue weighted by atomic mass is 9.99. The van der Waals surface area contributed by atoms with E-state index in [2.05, 4.69) is 191 Å². The topological polar surface area (TPSA) is 35.1 Å². The molecule has 0 saturated carbocycles. The van der Waals surface area contributed by atoms with Crippen LogP contribution in [0.4, 0.5) is 0 Å². The zero-order chi connectivity index (χ0) is 36.5. The minimum Gasteiger partial charge on any atom is -0.308 e. The number of fused-ring (bicyclic) bond motifs is 14. The SMILES string of the molecule is c1ccc(-c2ccc(-c3nc(-n4c5cc6ccccc6cc5c5c6c7ccccc7n7c8ccccc8c(cc54)c67)nc4c3ccc3ccccc34)cc2)cc1. The van der Waals surface area contributed by atoms with E-state index in [1.807, 2.05) is 0 Å². The summed E-state index contributed by atoms with van der Waals surface area (Å²) in [5.74, 6) is 0.660. The van der Waals surface area contributed by atoms with Gasteiger partial charge in [0.1, 0.15) is 0 Å². The van der Waals surface area contributed by atoms with Gasteiger partial charge in [0.2, 0.25) is 5.95 Å². The molecule has 0 fully saturated rings. The van der Waals surface area contributed by atoms with Gasteiger partial charge in [0.05, 0.1) is 38.8 Å². The number of para-hydroxylation sites is 2. The Labute approximate surface area is 320 Å². The molecule has 0 atom stereocenters. The molecular weight excluding hydrogens is 681 g/mol. The molecule has 0 amide bonds. The maximum absolute atomic E-state index is 5.59. The van der Waals surface area contributed by atoms with Gasteiger partial charge in [-0.25, -0.2) is 9.97 Å². The van der Waals surface area contributed by atoms with Crippen LogP contribution >= 0.6 is 0 Å². The van der Waals surface area contributed by atoms with Crippen molar-refractivity contribution in [3.63, 3.8) is 0 Å². The Hall–Kier alpha value is -7.56. The quantitative estimate of drug-likeness (QED) is 0.171. The highest BCUT2D eigenvalue weighted by Crippen LogP contribution is 2.47.